The summed E-state index contributed by atoms with van der Waals surface area (Å²) in [5, 5.41) is 0. The van der Waals surface area contributed by atoms with Crippen LogP contribution in [0.4, 0.5) is 26.3 Å². The Bertz CT molecular complexity index is 1080. The van der Waals surface area contributed by atoms with Crippen molar-refractivity contribution in [3.05, 3.63) is 0 Å². The van der Waals surface area contributed by atoms with Gasteiger partial charge in [0.05, 0.1) is 0 Å². The summed E-state index contributed by atoms with van der Waals surface area (Å²) >= 11 is 6.44. The van der Waals surface area contributed by atoms with E-state index in [4.69, 9.17) is 11.1 Å². The number of hydrogen-bond acceptors (Lipinski definition) is 4. The van der Waals surface area contributed by atoms with Crippen molar-refractivity contribution in [2.75, 3.05) is 24.6 Å². The molecular weight excluding hydrogens is 783 g/mol. The summed E-state index contributed by atoms with van der Waals surface area (Å²) in [6, 6.07) is 0.930. The molecule has 0 unspecified atom stereocenters. The van der Waals surface area contributed by atoms with Crippen LogP contribution in [0.2, 0.25) is 19.1 Å². The van der Waals surface area contributed by atoms with Gasteiger partial charge >= 0.3 is 322 Å². The second kappa shape index (κ2) is 24.9. The molecule has 0 radical (unpaired) electrons. The van der Waals surface area contributed by atoms with Gasteiger partial charge in [-0.3, -0.25) is 0 Å². The van der Waals surface area contributed by atoms with Crippen LogP contribution in [0.15, 0.2) is 0 Å². The van der Waals surface area contributed by atoms with E-state index in [9.17, 15) is 43.2 Å². The molecule has 0 saturated carbocycles. The summed E-state index contributed by atoms with van der Waals surface area (Å²) < 4.78 is 142. The molecule has 0 fully saturated rings. The first-order valence-corrected chi connectivity index (χ1v) is 30.2. The molecule has 0 aromatic carbocycles. The fourth-order valence-corrected chi connectivity index (χ4v) is 24.5. The average molecular weight is 857 g/mol. The quantitative estimate of drug-likeness (QED) is 0.0217. The van der Waals surface area contributed by atoms with Crippen molar-refractivity contribution in [1.82, 2.24) is 3.48 Å². The Morgan fingerprint density at radius 1 is 0.462 bits per heavy atom. The molecule has 5 nitrogen and oxygen atoms in total. The molecule has 0 atom stereocenters. The number of unbranched alkanes of at least 4 members (excludes halogenated alkanes) is 20. The summed E-state index contributed by atoms with van der Waals surface area (Å²) in [6.07, 6.45) is 15.0. The van der Waals surface area contributed by atoms with Gasteiger partial charge in [0.25, 0.3) is 0 Å². The van der Waals surface area contributed by atoms with Gasteiger partial charge in [-0.25, -0.2) is 0 Å². The molecule has 0 aromatic rings. The van der Waals surface area contributed by atoms with E-state index in [0.29, 0.717) is 51.4 Å². The summed E-state index contributed by atoms with van der Waals surface area (Å²) in [5.74, 6) is 0. The fourth-order valence-electron chi connectivity index (χ4n) is 7.58. The van der Waals surface area contributed by atoms with Gasteiger partial charge < -0.3 is 0 Å². The van der Waals surface area contributed by atoms with Crippen LogP contribution in [0.5, 0.6) is 0 Å². The molecule has 0 aliphatic heterocycles. The van der Waals surface area contributed by atoms with E-state index in [2.05, 4.69) is 13.1 Å². The normalized spacial score (nSPS) is 14.6. The van der Waals surface area contributed by atoms with Crippen molar-refractivity contribution in [3.63, 3.8) is 0 Å². The zero-order valence-electron chi connectivity index (χ0n) is 33.0. The van der Waals surface area contributed by atoms with E-state index in [1.807, 2.05) is 20.8 Å². The van der Waals surface area contributed by atoms with Gasteiger partial charge in [-0.1, -0.05) is 0 Å². The molecular formula is C36H73ClF6NO4PS2Si. The molecule has 16 heteroatoms. The van der Waals surface area contributed by atoms with E-state index >= 15 is 0 Å². The van der Waals surface area contributed by atoms with Crippen molar-refractivity contribution in [2.45, 2.75) is 205 Å². The Hall–Kier alpha value is 0.377. The van der Waals surface area contributed by atoms with Crippen LogP contribution in [-0.2, 0) is 20.0 Å². The third-order valence-corrected chi connectivity index (χ3v) is 26.6. The molecule has 0 bridgehead atoms. The summed E-state index contributed by atoms with van der Waals surface area (Å²) in [6.45, 7) is 5.09. The molecule has 316 valence electrons. The summed E-state index contributed by atoms with van der Waals surface area (Å²) in [5.41, 5.74) is -12.4. The van der Waals surface area contributed by atoms with Crippen LogP contribution in [0.3, 0.4) is 0 Å². The minimum absolute atomic E-state index is 0.173. The van der Waals surface area contributed by atoms with E-state index in [1.165, 1.54) is 0 Å². The van der Waals surface area contributed by atoms with E-state index in [0.717, 1.165) is 83.1 Å². The van der Waals surface area contributed by atoms with Crippen molar-refractivity contribution >= 4 is 45.3 Å². The Morgan fingerprint density at radius 2 is 0.692 bits per heavy atom. The van der Waals surface area contributed by atoms with Crippen molar-refractivity contribution < 1.29 is 43.2 Å². The van der Waals surface area contributed by atoms with Gasteiger partial charge in [0.2, 0.25) is 0 Å². The number of sulfonamides is 2. The maximum absolute atomic E-state index is 14.7. The van der Waals surface area contributed by atoms with Gasteiger partial charge in [0.15, 0.2) is 0 Å². The van der Waals surface area contributed by atoms with E-state index in [-0.39, 0.29) is 50.3 Å². The molecule has 0 saturated heterocycles. The Balaban J connectivity index is 7.40. The second-order valence-electron chi connectivity index (χ2n) is 15.8. The van der Waals surface area contributed by atoms with Crippen LogP contribution < -0.4 is 0 Å². The van der Waals surface area contributed by atoms with Crippen molar-refractivity contribution in [3.8, 4) is 0 Å². The minimum atomic E-state index is -6.94. The molecule has 0 amide bonds. The molecule has 0 spiro atoms. The number of rotatable bonds is 33. The predicted octanol–water partition coefficient (Wildman–Crippen LogP) is 14.3. The van der Waals surface area contributed by atoms with Crippen LogP contribution in [0.1, 0.15) is 175 Å². The predicted molar refractivity (Wildman–Crippen MR) is 214 cm³/mol. The van der Waals surface area contributed by atoms with Gasteiger partial charge in [-0.2, -0.15) is 0 Å². The first-order chi connectivity index (χ1) is 24.1. The van der Waals surface area contributed by atoms with Crippen LogP contribution >= 0.6 is 17.8 Å². The van der Waals surface area contributed by atoms with E-state index in [1.54, 1.807) is 0 Å². The Kier molecular flexibility index (Phi) is 25.1. The zero-order valence-corrected chi connectivity index (χ0v) is 37.3. The van der Waals surface area contributed by atoms with Gasteiger partial charge in [0, 0.05) is 0 Å². The Labute approximate surface area is 320 Å². The number of halogens is 7. The number of hydrogen-bond donors (Lipinski definition) is 0. The first kappa shape index (κ1) is 52.4. The Morgan fingerprint density at radius 3 is 0.923 bits per heavy atom. The maximum atomic E-state index is 14.7. The van der Waals surface area contributed by atoms with Gasteiger partial charge in [-0.05, 0) is 0 Å². The van der Waals surface area contributed by atoms with Crippen LogP contribution in [0.25, 0.3) is 0 Å². The molecule has 0 heterocycles. The van der Waals surface area contributed by atoms with Crippen LogP contribution in [-0.4, -0.2) is 63.4 Å². The molecule has 0 aliphatic carbocycles. The number of alkyl halides is 6. The molecule has 52 heavy (non-hydrogen) atoms. The van der Waals surface area contributed by atoms with Crippen LogP contribution in [0, 0.1) is 0 Å². The number of nitrogens with zero attached hydrogens (tertiary/aromatic N) is 1. The summed E-state index contributed by atoms with van der Waals surface area (Å²) in [4.78, 5) is 0. The third-order valence-electron chi connectivity index (χ3n) is 10.5. The van der Waals surface area contributed by atoms with Gasteiger partial charge in [0.1, 0.15) is 0 Å². The first-order valence-electron chi connectivity index (χ1n) is 20.2. The second-order valence-corrected chi connectivity index (χ2v) is 33.1. The topological polar surface area (TPSA) is 71.5 Å². The standard InChI is InChI=1S/C36H73ClF6NO4PS2Si/c1-6-9-12-15-20-25-30-49(31-26-21-16-13-10-7-2,32-27-22-17-14-11-8-3,33-28-23-18-19-24-29-34-52(4,5)37)44(50(45,46)35(38,39)40)51(47,48)36(41,42)43/h6-34H2,1-5H3. The fraction of sp³-hybridized carbons (Fsp3) is 1.00. The van der Waals surface area contributed by atoms with E-state index < -0.39 is 48.7 Å². The molecule has 0 aliphatic rings. The van der Waals surface area contributed by atoms with Gasteiger partial charge in [-0.15, -0.1) is 0 Å². The van der Waals surface area contributed by atoms with Crippen molar-refractivity contribution in [1.29, 1.82) is 0 Å². The molecule has 0 rings (SSSR count). The molecule has 0 N–H and O–H groups in total. The zero-order chi connectivity index (χ0) is 40.0. The summed E-state index contributed by atoms with van der Waals surface area (Å²) in [7, 11) is -15.6. The SMILES string of the molecule is CCCCCCCCP(CCCCCCCC)(CCCCCCCC)(CCCCCCCC[Si](C)(C)Cl)N(S(=O)(=O)C(F)(F)F)S(=O)(=O)C(F)(F)F. The average Bonchev–Trinajstić information content (AvgIpc) is 3.02. The molecule has 0 aromatic heterocycles. The monoisotopic (exact) mass is 855 g/mol. The van der Waals surface area contributed by atoms with Crippen molar-refractivity contribution in [2.24, 2.45) is 0 Å². The third kappa shape index (κ3) is 18.1.